The van der Waals surface area contributed by atoms with E-state index in [2.05, 4.69) is 52.0 Å². The molecule has 0 radical (unpaired) electrons. The highest BCUT2D eigenvalue weighted by atomic mass is 32.2. The molecule has 5 heteroatoms. The summed E-state index contributed by atoms with van der Waals surface area (Å²) in [6.07, 6.45) is 24.1. The standard InChI is InChI=1S/C19H33N.C18H30O3S/c1-4-7-12-17-13-10-11-14-18(17)19(20,15-8-5-2)16-9-6-3;1-2-3-4-5-6-7-8-9-10-11-14-17-15-12-13-16-18(17)22(19,20)21/h10-11,13-14H,4-9,12,15-16,20H2,1-3H3;12-13,15-16H,2-11,14H2,1H3,(H,19,20,21). The summed E-state index contributed by atoms with van der Waals surface area (Å²) in [6, 6.07) is 15.6. The van der Waals surface area contributed by atoms with Crippen molar-refractivity contribution in [2.24, 2.45) is 5.73 Å². The molecule has 2 rings (SSSR count). The average molecular weight is 602 g/mol. The summed E-state index contributed by atoms with van der Waals surface area (Å²) in [5.74, 6) is 0. The van der Waals surface area contributed by atoms with E-state index in [0.717, 1.165) is 31.2 Å². The third-order valence-electron chi connectivity index (χ3n) is 8.36. The highest BCUT2D eigenvalue weighted by Crippen LogP contribution is 2.33. The van der Waals surface area contributed by atoms with Gasteiger partial charge in [0.05, 0.1) is 4.90 Å². The van der Waals surface area contributed by atoms with E-state index in [1.807, 2.05) is 6.07 Å². The molecule has 0 heterocycles. The molecule has 0 aliphatic heterocycles. The molecule has 240 valence electrons. The second kappa shape index (κ2) is 22.8. The lowest BCUT2D eigenvalue weighted by molar-refractivity contribution is 0.351. The summed E-state index contributed by atoms with van der Waals surface area (Å²) in [4.78, 5) is 0.0610. The van der Waals surface area contributed by atoms with Crippen molar-refractivity contribution in [2.45, 2.75) is 167 Å². The summed E-state index contributed by atoms with van der Waals surface area (Å²) in [5.41, 5.74) is 10.4. The van der Waals surface area contributed by atoms with Gasteiger partial charge in [-0.2, -0.15) is 8.42 Å². The fourth-order valence-electron chi connectivity index (χ4n) is 5.73. The maximum absolute atomic E-state index is 11.3. The Morgan fingerprint density at radius 2 is 1.00 bits per heavy atom. The van der Waals surface area contributed by atoms with E-state index in [1.165, 1.54) is 114 Å². The third-order valence-corrected chi connectivity index (χ3v) is 9.31. The molecule has 3 N–H and O–H groups in total. The Morgan fingerprint density at radius 3 is 1.52 bits per heavy atom. The van der Waals surface area contributed by atoms with Gasteiger partial charge < -0.3 is 5.73 Å². The summed E-state index contributed by atoms with van der Waals surface area (Å²) in [7, 11) is -4.10. The summed E-state index contributed by atoms with van der Waals surface area (Å²) >= 11 is 0. The van der Waals surface area contributed by atoms with E-state index >= 15 is 0 Å². The molecule has 0 bridgehead atoms. The zero-order chi connectivity index (χ0) is 31.1. The second-order valence-electron chi connectivity index (χ2n) is 12.1. The van der Waals surface area contributed by atoms with Crippen LogP contribution in [-0.4, -0.2) is 13.0 Å². The van der Waals surface area contributed by atoms with Gasteiger partial charge in [0, 0.05) is 5.54 Å². The highest BCUT2D eigenvalue weighted by Gasteiger charge is 2.28. The number of benzene rings is 2. The van der Waals surface area contributed by atoms with E-state index < -0.39 is 10.1 Å². The Balaban J connectivity index is 0.000000422. The van der Waals surface area contributed by atoms with E-state index in [4.69, 9.17) is 5.73 Å². The van der Waals surface area contributed by atoms with Gasteiger partial charge in [0.15, 0.2) is 0 Å². The normalized spacial score (nSPS) is 11.8. The number of unbranched alkanes of at least 4 members (excludes halogenated alkanes) is 12. The first-order valence-electron chi connectivity index (χ1n) is 17.2. The first-order valence-corrected chi connectivity index (χ1v) is 18.6. The fraction of sp³-hybridized carbons (Fsp3) is 0.676. The van der Waals surface area contributed by atoms with Crippen LogP contribution in [-0.2, 0) is 28.5 Å². The van der Waals surface area contributed by atoms with Gasteiger partial charge in [0.1, 0.15) is 0 Å². The smallest absolute Gasteiger partial charge is 0.294 e. The molecule has 2 aromatic rings. The van der Waals surface area contributed by atoms with Crippen molar-refractivity contribution >= 4 is 10.1 Å². The van der Waals surface area contributed by atoms with Crippen LogP contribution in [0, 0.1) is 0 Å². The van der Waals surface area contributed by atoms with Gasteiger partial charge in [-0.15, -0.1) is 0 Å². The largest absolute Gasteiger partial charge is 0.321 e. The minimum absolute atomic E-state index is 0.0610. The van der Waals surface area contributed by atoms with E-state index in [1.54, 1.807) is 12.1 Å². The monoisotopic (exact) mass is 601 g/mol. The summed E-state index contributed by atoms with van der Waals surface area (Å²) < 4.78 is 31.8. The van der Waals surface area contributed by atoms with Crippen molar-refractivity contribution in [1.29, 1.82) is 0 Å². The van der Waals surface area contributed by atoms with Crippen molar-refractivity contribution in [3.63, 3.8) is 0 Å². The van der Waals surface area contributed by atoms with Crippen molar-refractivity contribution in [3.8, 4) is 0 Å². The maximum Gasteiger partial charge on any atom is 0.294 e. The van der Waals surface area contributed by atoms with Crippen LogP contribution >= 0.6 is 0 Å². The van der Waals surface area contributed by atoms with Gasteiger partial charge in [-0.25, -0.2) is 0 Å². The first-order chi connectivity index (χ1) is 20.2. The number of nitrogens with two attached hydrogens (primary N) is 1. The third kappa shape index (κ3) is 15.7. The maximum atomic E-state index is 11.3. The molecule has 0 amide bonds. The second-order valence-corrected chi connectivity index (χ2v) is 13.5. The number of hydrogen-bond acceptors (Lipinski definition) is 3. The van der Waals surface area contributed by atoms with Crippen LogP contribution in [0.5, 0.6) is 0 Å². The zero-order valence-electron chi connectivity index (χ0n) is 27.5. The van der Waals surface area contributed by atoms with Crippen LogP contribution < -0.4 is 5.73 Å². The molecule has 0 saturated heterocycles. The predicted molar refractivity (Wildman–Crippen MR) is 182 cm³/mol. The molecular formula is C37H63NO3S. The van der Waals surface area contributed by atoms with Gasteiger partial charge in [-0.1, -0.05) is 160 Å². The van der Waals surface area contributed by atoms with E-state index in [9.17, 15) is 13.0 Å². The predicted octanol–water partition coefficient (Wildman–Crippen LogP) is 11.0. The van der Waals surface area contributed by atoms with E-state index in [0.29, 0.717) is 6.42 Å². The quantitative estimate of drug-likeness (QED) is 0.104. The van der Waals surface area contributed by atoms with Gasteiger partial charge in [-0.05, 0) is 61.3 Å². The summed E-state index contributed by atoms with van der Waals surface area (Å²) in [5, 5.41) is 0. The lowest BCUT2D eigenvalue weighted by Gasteiger charge is -2.32. The van der Waals surface area contributed by atoms with Gasteiger partial charge >= 0.3 is 0 Å². The molecule has 0 fully saturated rings. The van der Waals surface area contributed by atoms with Crippen molar-refractivity contribution < 1.29 is 13.0 Å². The SMILES string of the molecule is CCCCCCCCCCCCc1ccccc1S(=O)(=O)O.CCCCc1ccccc1C(N)(CCCC)CCCC. The molecular weight excluding hydrogens is 538 g/mol. The zero-order valence-corrected chi connectivity index (χ0v) is 28.3. The van der Waals surface area contributed by atoms with Gasteiger partial charge in [-0.3, -0.25) is 4.55 Å². The molecule has 42 heavy (non-hydrogen) atoms. The van der Waals surface area contributed by atoms with Crippen LogP contribution in [0.4, 0.5) is 0 Å². The van der Waals surface area contributed by atoms with Gasteiger partial charge in [0.2, 0.25) is 0 Å². The number of rotatable bonds is 22. The van der Waals surface area contributed by atoms with Crippen LogP contribution in [0.25, 0.3) is 0 Å². The van der Waals surface area contributed by atoms with Crippen LogP contribution in [0.15, 0.2) is 53.4 Å². The molecule has 0 saturated carbocycles. The molecule has 0 aliphatic carbocycles. The Bertz CT molecular complexity index is 1040. The van der Waals surface area contributed by atoms with E-state index in [-0.39, 0.29) is 10.4 Å². The average Bonchev–Trinajstić information content (AvgIpc) is 2.99. The molecule has 0 atom stereocenters. The molecule has 0 aromatic heterocycles. The minimum Gasteiger partial charge on any atom is -0.321 e. The molecule has 0 aliphatic rings. The Morgan fingerprint density at radius 1 is 0.571 bits per heavy atom. The highest BCUT2D eigenvalue weighted by molar-refractivity contribution is 7.85. The van der Waals surface area contributed by atoms with Crippen LogP contribution in [0.2, 0.25) is 0 Å². The lowest BCUT2D eigenvalue weighted by Crippen LogP contribution is -2.37. The molecule has 0 spiro atoms. The van der Waals surface area contributed by atoms with Crippen molar-refractivity contribution in [2.75, 3.05) is 0 Å². The molecule has 2 aromatic carbocycles. The fourth-order valence-corrected chi connectivity index (χ4v) is 6.49. The van der Waals surface area contributed by atoms with Crippen molar-refractivity contribution in [3.05, 3.63) is 65.2 Å². The van der Waals surface area contributed by atoms with Crippen molar-refractivity contribution in [1.82, 2.24) is 0 Å². The Labute approximate surface area is 260 Å². The first kappa shape index (κ1) is 38.3. The topological polar surface area (TPSA) is 80.4 Å². The lowest BCUT2D eigenvalue weighted by atomic mass is 9.78. The molecule has 0 unspecified atom stereocenters. The Kier molecular flexibility index (Phi) is 20.8. The minimum atomic E-state index is -4.10. The van der Waals surface area contributed by atoms with Crippen LogP contribution in [0.3, 0.4) is 0 Å². The Hall–Kier alpha value is -1.69. The number of hydrogen-bond donors (Lipinski definition) is 2. The molecule has 4 nitrogen and oxygen atoms in total. The van der Waals surface area contributed by atoms with Crippen LogP contribution in [0.1, 0.15) is 160 Å². The number of aryl methyl sites for hydroxylation is 2. The van der Waals surface area contributed by atoms with Gasteiger partial charge in [0.25, 0.3) is 10.1 Å². The summed E-state index contributed by atoms with van der Waals surface area (Å²) in [6.45, 7) is 9.00.